The fourth-order valence-electron chi connectivity index (χ4n) is 2.44. The predicted octanol–water partition coefficient (Wildman–Crippen LogP) is 3.37. The van der Waals surface area contributed by atoms with Crippen molar-refractivity contribution < 1.29 is 0 Å². The molecule has 2 aromatic heterocycles. The summed E-state index contributed by atoms with van der Waals surface area (Å²) < 4.78 is 0. The smallest absolute Gasteiger partial charge is 0.0794 e. The summed E-state index contributed by atoms with van der Waals surface area (Å²) in [5, 5.41) is 13.0. The van der Waals surface area contributed by atoms with Gasteiger partial charge in [0, 0.05) is 12.1 Å². The Kier molecular flexibility index (Phi) is 4.58. The zero-order valence-corrected chi connectivity index (χ0v) is 12.5. The van der Waals surface area contributed by atoms with Crippen molar-refractivity contribution >= 4 is 23.1 Å². The van der Waals surface area contributed by atoms with Crippen LogP contribution < -0.4 is 5.32 Å². The van der Waals surface area contributed by atoms with Gasteiger partial charge in [-0.2, -0.15) is 16.9 Å². The molecule has 3 rings (SSSR count). The predicted molar refractivity (Wildman–Crippen MR) is 83.7 cm³/mol. The van der Waals surface area contributed by atoms with Gasteiger partial charge in [0.1, 0.15) is 0 Å². The summed E-state index contributed by atoms with van der Waals surface area (Å²) in [6.45, 7) is 2.04. The van der Waals surface area contributed by atoms with Crippen LogP contribution in [0.25, 0.3) is 10.6 Å². The van der Waals surface area contributed by atoms with E-state index in [-0.39, 0.29) is 0 Å². The summed E-state index contributed by atoms with van der Waals surface area (Å²) in [4.78, 5) is 1.27. The number of thiophene rings is 1. The molecular formula is C14H19N3S2. The number of aromatic nitrogens is 2. The molecule has 0 saturated carbocycles. The first kappa shape index (κ1) is 13.2. The average molecular weight is 293 g/mol. The molecule has 1 aliphatic heterocycles. The molecule has 19 heavy (non-hydrogen) atoms. The molecule has 0 aliphatic carbocycles. The van der Waals surface area contributed by atoms with Crippen LogP contribution in [0.5, 0.6) is 0 Å². The molecule has 0 aromatic carbocycles. The van der Waals surface area contributed by atoms with E-state index in [1.807, 2.05) is 6.20 Å². The van der Waals surface area contributed by atoms with E-state index in [0.29, 0.717) is 0 Å². The number of nitrogens with zero attached hydrogens (tertiary/aromatic N) is 1. The van der Waals surface area contributed by atoms with Crippen molar-refractivity contribution in [2.75, 3.05) is 18.1 Å². The van der Waals surface area contributed by atoms with Gasteiger partial charge in [-0.25, -0.2) is 0 Å². The van der Waals surface area contributed by atoms with Gasteiger partial charge in [0.05, 0.1) is 16.8 Å². The third kappa shape index (κ3) is 3.41. The van der Waals surface area contributed by atoms with E-state index in [1.54, 1.807) is 11.3 Å². The van der Waals surface area contributed by atoms with Crippen LogP contribution >= 0.6 is 23.1 Å². The van der Waals surface area contributed by atoms with E-state index in [4.69, 9.17) is 0 Å². The molecule has 3 heterocycles. The van der Waals surface area contributed by atoms with Crippen LogP contribution in [0.15, 0.2) is 23.7 Å². The minimum Gasteiger partial charge on any atom is -0.312 e. The quantitative estimate of drug-likeness (QED) is 0.888. The van der Waals surface area contributed by atoms with Gasteiger partial charge in [0.25, 0.3) is 0 Å². The molecule has 2 aromatic rings. The Morgan fingerprint density at radius 1 is 1.37 bits per heavy atom. The molecule has 0 atom stereocenters. The molecule has 1 saturated heterocycles. The van der Waals surface area contributed by atoms with Gasteiger partial charge in [0.15, 0.2) is 0 Å². The minimum atomic E-state index is 0.860. The van der Waals surface area contributed by atoms with E-state index in [1.165, 1.54) is 40.5 Å². The summed E-state index contributed by atoms with van der Waals surface area (Å²) in [5.74, 6) is 3.52. The number of H-pyrrole nitrogens is 1. The second kappa shape index (κ2) is 6.59. The van der Waals surface area contributed by atoms with Crippen molar-refractivity contribution in [2.24, 2.45) is 5.92 Å². The van der Waals surface area contributed by atoms with Crippen LogP contribution in [-0.4, -0.2) is 28.2 Å². The minimum absolute atomic E-state index is 0.860. The van der Waals surface area contributed by atoms with Gasteiger partial charge >= 0.3 is 0 Å². The van der Waals surface area contributed by atoms with E-state index in [2.05, 4.69) is 44.8 Å². The molecule has 5 heteroatoms. The Morgan fingerprint density at radius 3 is 3.05 bits per heavy atom. The lowest BCUT2D eigenvalue weighted by Gasteiger charge is -2.21. The molecule has 2 N–H and O–H groups in total. The molecule has 0 amide bonds. The zero-order chi connectivity index (χ0) is 12.9. The first-order valence-electron chi connectivity index (χ1n) is 6.78. The van der Waals surface area contributed by atoms with Crippen LogP contribution in [0.2, 0.25) is 0 Å². The zero-order valence-electron chi connectivity index (χ0n) is 10.9. The van der Waals surface area contributed by atoms with E-state index >= 15 is 0 Å². The maximum Gasteiger partial charge on any atom is 0.0794 e. The summed E-state index contributed by atoms with van der Waals surface area (Å²) in [7, 11) is 0. The van der Waals surface area contributed by atoms with Crippen molar-refractivity contribution in [1.29, 1.82) is 0 Å². The van der Waals surface area contributed by atoms with E-state index < -0.39 is 0 Å². The summed E-state index contributed by atoms with van der Waals surface area (Å²) in [5.41, 5.74) is 2.44. The molecular weight excluding hydrogens is 274 g/mol. The van der Waals surface area contributed by atoms with Crippen molar-refractivity contribution in [1.82, 2.24) is 15.5 Å². The Balaban J connectivity index is 1.54. The largest absolute Gasteiger partial charge is 0.312 e. The molecule has 0 spiro atoms. The molecule has 0 unspecified atom stereocenters. The van der Waals surface area contributed by atoms with Gasteiger partial charge in [-0.1, -0.05) is 6.07 Å². The van der Waals surface area contributed by atoms with E-state index in [0.717, 1.165) is 19.0 Å². The van der Waals surface area contributed by atoms with Crippen molar-refractivity contribution in [3.05, 3.63) is 29.3 Å². The van der Waals surface area contributed by atoms with Gasteiger partial charge in [-0.15, -0.1) is 11.3 Å². The molecule has 3 nitrogen and oxygen atoms in total. The third-order valence-corrected chi connectivity index (χ3v) is 5.51. The first-order valence-corrected chi connectivity index (χ1v) is 8.81. The highest BCUT2D eigenvalue weighted by atomic mass is 32.2. The normalized spacial score (nSPS) is 16.8. The third-order valence-electron chi connectivity index (χ3n) is 3.57. The van der Waals surface area contributed by atoms with Gasteiger partial charge in [0.2, 0.25) is 0 Å². The highest BCUT2D eigenvalue weighted by Gasteiger charge is 2.14. The monoisotopic (exact) mass is 293 g/mol. The van der Waals surface area contributed by atoms with Crippen molar-refractivity contribution in [2.45, 2.75) is 19.4 Å². The second-order valence-corrected chi connectivity index (χ2v) is 7.11. The number of aromatic amines is 1. The number of nitrogens with one attached hydrogen (secondary N) is 2. The second-order valence-electron chi connectivity index (χ2n) is 4.93. The molecule has 1 fully saturated rings. The Labute approximate surface area is 122 Å². The number of rotatable bonds is 5. The SMILES string of the molecule is c1csc(-c2[nH]ncc2CNCC2CCSCC2)c1. The fourth-order valence-corrected chi connectivity index (χ4v) is 4.40. The summed E-state index contributed by atoms with van der Waals surface area (Å²) >= 11 is 3.84. The van der Waals surface area contributed by atoms with Gasteiger partial charge in [-0.05, 0) is 48.3 Å². The molecule has 1 aliphatic rings. The number of hydrogen-bond acceptors (Lipinski definition) is 4. The maximum atomic E-state index is 4.18. The summed E-state index contributed by atoms with van der Waals surface area (Å²) in [6, 6.07) is 4.22. The van der Waals surface area contributed by atoms with Gasteiger partial charge in [-0.3, -0.25) is 5.10 Å². The maximum absolute atomic E-state index is 4.18. The number of thioether (sulfide) groups is 1. The Morgan fingerprint density at radius 2 is 2.26 bits per heavy atom. The standard InChI is InChI=1S/C14H19N3S2/c1-2-13(19-5-1)14-12(10-16-17-14)9-15-8-11-3-6-18-7-4-11/h1-2,5,10-11,15H,3-4,6-9H2,(H,16,17). The van der Waals surface area contributed by atoms with E-state index in [9.17, 15) is 0 Å². The molecule has 102 valence electrons. The van der Waals surface area contributed by atoms with Crippen LogP contribution in [0, 0.1) is 5.92 Å². The lowest BCUT2D eigenvalue weighted by atomic mass is 10.0. The lowest BCUT2D eigenvalue weighted by molar-refractivity contribution is 0.448. The van der Waals surface area contributed by atoms with Crippen molar-refractivity contribution in [3.8, 4) is 10.6 Å². The highest BCUT2D eigenvalue weighted by Crippen LogP contribution is 2.26. The fraction of sp³-hybridized carbons (Fsp3) is 0.500. The van der Waals surface area contributed by atoms with Crippen molar-refractivity contribution in [3.63, 3.8) is 0 Å². The summed E-state index contributed by atoms with van der Waals surface area (Å²) in [6.07, 6.45) is 4.67. The lowest BCUT2D eigenvalue weighted by Crippen LogP contribution is -2.25. The topological polar surface area (TPSA) is 40.7 Å². The van der Waals surface area contributed by atoms with Crippen LogP contribution in [0.1, 0.15) is 18.4 Å². The Hall–Kier alpha value is -0.780. The molecule has 0 bridgehead atoms. The average Bonchev–Trinajstić information content (AvgIpc) is 3.10. The van der Waals surface area contributed by atoms with Crippen LogP contribution in [0.3, 0.4) is 0 Å². The highest BCUT2D eigenvalue weighted by molar-refractivity contribution is 7.99. The van der Waals surface area contributed by atoms with Gasteiger partial charge < -0.3 is 5.32 Å². The Bertz CT molecular complexity index is 487. The van der Waals surface area contributed by atoms with Crippen LogP contribution in [0.4, 0.5) is 0 Å². The first-order chi connectivity index (χ1) is 9.43. The van der Waals surface area contributed by atoms with Crippen LogP contribution in [-0.2, 0) is 6.54 Å². The number of hydrogen-bond donors (Lipinski definition) is 2. The molecule has 0 radical (unpaired) electrons.